The highest BCUT2D eigenvalue weighted by molar-refractivity contribution is 6.16. The molecule has 2 heterocycles. The van der Waals surface area contributed by atoms with E-state index in [9.17, 15) is 9.59 Å². The molecular formula is C24H26N2O2. The fourth-order valence-electron chi connectivity index (χ4n) is 5.08. The minimum Gasteiger partial charge on any atom is -0.340 e. The lowest BCUT2D eigenvalue weighted by atomic mass is 10.0. The Morgan fingerprint density at radius 2 is 1.79 bits per heavy atom. The van der Waals surface area contributed by atoms with Crippen LogP contribution in [0.1, 0.15) is 58.9 Å². The molecule has 28 heavy (non-hydrogen) atoms. The van der Waals surface area contributed by atoms with Crippen molar-refractivity contribution in [1.29, 1.82) is 0 Å². The van der Waals surface area contributed by atoms with E-state index < -0.39 is 0 Å². The van der Waals surface area contributed by atoms with E-state index in [1.54, 1.807) is 6.92 Å². The normalized spacial score (nSPS) is 17.1. The van der Waals surface area contributed by atoms with E-state index >= 15 is 0 Å². The van der Waals surface area contributed by atoms with Gasteiger partial charge in [0.1, 0.15) is 0 Å². The third kappa shape index (κ3) is 2.78. The molecule has 0 amide bonds. The first-order chi connectivity index (χ1) is 13.6. The second-order valence-corrected chi connectivity index (χ2v) is 8.25. The van der Waals surface area contributed by atoms with Gasteiger partial charge in [0.25, 0.3) is 0 Å². The third-order valence-corrected chi connectivity index (χ3v) is 6.50. The Bertz CT molecular complexity index is 1100. The monoisotopic (exact) mass is 374 g/mol. The molecule has 2 aliphatic rings. The number of benzene rings is 2. The molecule has 5 rings (SSSR count). The Balaban J connectivity index is 1.63. The van der Waals surface area contributed by atoms with Crippen molar-refractivity contribution in [3.05, 3.63) is 47.0 Å². The van der Waals surface area contributed by atoms with Crippen LogP contribution in [0.4, 0.5) is 0 Å². The average Bonchev–Trinajstić information content (AvgIpc) is 3.40. The molecule has 0 atom stereocenters. The van der Waals surface area contributed by atoms with Gasteiger partial charge in [-0.3, -0.25) is 9.59 Å². The molecular weight excluding hydrogens is 348 g/mol. The van der Waals surface area contributed by atoms with Gasteiger partial charge in [-0.2, -0.15) is 0 Å². The predicted molar refractivity (Wildman–Crippen MR) is 112 cm³/mol. The van der Waals surface area contributed by atoms with E-state index in [0.717, 1.165) is 42.4 Å². The number of aryl methyl sites for hydroxylation is 2. The summed E-state index contributed by atoms with van der Waals surface area (Å²) < 4.78 is 2.40. The number of hydrogen-bond acceptors (Lipinski definition) is 3. The van der Waals surface area contributed by atoms with Crippen LogP contribution in [0.5, 0.6) is 0 Å². The maximum Gasteiger partial charge on any atom is 0.163 e. The Morgan fingerprint density at radius 1 is 1.00 bits per heavy atom. The summed E-state index contributed by atoms with van der Waals surface area (Å²) in [6, 6.07) is 10.2. The maximum atomic E-state index is 12.3. The van der Waals surface area contributed by atoms with Gasteiger partial charge in [-0.25, -0.2) is 0 Å². The van der Waals surface area contributed by atoms with Crippen LogP contribution in [0.25, 0.3) is 21.8 Å². The topological polar surface area (TPSA) is 42.3 Å². The molecule has 0 radical (unpaired) electrons. The van der Waals surface area contributed by atoms with Crippen molar-refractivity contribution in [3.8, 4) is 0 Å². The molecule has 1 aliphatic carbocycles. The zero-order chi connectivity index (χ0) is 19.3. The zero-order valence-corrected chi connectivity index (χ0v) is 16.5. The van der Waals surface area contributed by atoms with Crippen LogP contribution in [-0.2, 0) is 13.0 Å². The van der Waals surface area contributed by atoms with Crippen molar-refractivity contribution < 1.29 is 9.59 Å². The highest BCUT2D eigenvalue weighted by Gasteiger charge is 2.25. The van der Waals surface area contributed by atoms with Crippen LogP contribution < -0.4 is 0 Å². The van der Waals surface area contributed by atoms with Gasteiger partial charge in [0.2, 0.25) is 0 Å². The summed E-state index contributed by atoms with van der Waals surface area (Å²) in [4.78, 5) is 26.8. The summed E-state index contributed by atoms with van der Waals surface area (Å²) in [5, 5.41) is 2.30. The van der Waals surface area contributed by atoms with Crippen LogP contribution in [-0.4, -0.2) is 40.7 Å². The van der Waals surface area contributed by atoms with Crippen LogP contribution in [0.3, 0.4) is 0 Å². The van der Waals surface area contributed by atoms with Gasteiger partial charge in [0.15, 0.2) is 11.6 Å². The van der Waals surface area contributed by atoms with Gasteiger partial charge >= 0.3 is 0 Å². The standard InChI is InChI=1S/C24H26N2O2/c1-16(27)17-5-8-21-20(15-17)24-19-7-10-23(28)18(19)6-9-22(24)26(21)14-4-13-25-11-2-3-12-25/h5-6,8-9,15H,2-4,7,10-14H2,1H3. The number of aromatic nitrogens is 1. The molecule has 1 fully saturated rings. The number of carbonyl (C=O) groups is 2. The van der Waals surface area contributed by atoms with Crippen molar-refractivity contribution in [1.82, 2.24) is 9.47 Å². The highest BCUT2D eigenvalue weighted by Crippen LogP contribution is 2.37. The number of Topliss-reactive ketones (excluding diaryl/α,β-unsaturated/α-hetero) is 2. The van der Waals surface area contributed by atoms with Crippen LogP contribution >= 0.6 is 0 Å². The van der Waals surface area contributed by atoms with E-state index in [1.165, 1.54) is 47.9 Å². The van der Waals surface area contributed by atoms with Gasteiger partial charge in [-0.15, -0.1) is 0 Å². The van der Waals surface area contributed by atoms with Crippen molar-refractivity contribution in [2.75, 3.05) is 19.6 Å². The lowest BCUT2D eigenvalue weighted by Gasteiger charge is -2.15. The highest BCUT2D eigenvalue weighted by atomic mass is 16.1. The fraction of sp³-hybridized carbons (Fsp3) is 0.417. The molecule has 1 aromatic heterocycles. The van der Waals surface area contributed by atoms with Gasteiger partial charge in [-0.05, 0) is 88.1 Å². The van der Waals surface area contributed by atoms with Crippen LogP contribution in [0.15, 0.2) is 30.3 Å². The first-order valence-corrected chi connectivity index (χ1v) is 10.5. The zero-order valence-electron chi connectivity index (χ0n) is 16.5. The fourth-order valence-corrected chi connectivity index (χ4v) is 5.08. The Labute approximate surface area is 165 Å². The lowest BCUT2D eigenvalue weighted by Crippen LogP contribution is -2.21. The molecule has 0 N–H and O–H groups in total. The molecule has 0 bridgehead atoms. The molecule has 0 saturated carbocycles. The van der Waals surface area contributed by atoms with Crippen LogP contribution in [0, 0.1) is 0 Å². The summed E-state index contributed by atoms with van der Waals surface area (Å²) >= 11 is 0. The van der Waals surface area contributed by atoms with E-state index in [4.69, 9.17) is 0 Å². The number of nitrogens with zero attached hydrogens (tertiary/aromatic N) is 2. The SMILES string of the molecule is CC(=O)c1ccc2c(c1)c1c3c(ccc1n2CCCN1CCCC1)C(=O)CC3. The second-order valence-electron chi connectivity index (χ2n) is 8.25. The van der Waals surface area contributed by atoms with Gasteiger partial charge in [0.05, 0.1) is 0 Å². The molecule has 4 heteroatoms. The first-order valence-electron chi connectivity index (χ1n) is 10.5. The summed E-state index contributed by atoms with van der Waals surface area (Å²) in [5.74, 6) is 0.329. The molecule has 1 saturated heterocycles. The van der Waals surface area contributed by atoms with Crippen molar-refractivity contribution >= 4 is 33.4 Å². The number of carbonyl (C=O) groups excluding carboxylic acids is 2. The van der Waals surface area contributed by atoms with Crippen molar-refractivity contribution in [2.45, 2.75) is 45.6 Å². The van der Waals surface area contributed by atoms with Gasteiger partial charge < -0.3 is 9.47 Å². The Kier molecular flexibility index (Phi) is 4.31. The summed E-state index contributed by atoms with van der Waals surface area (Å²) in [7, 11) is 0. The third-order valence-electron chi connectivity index (χ3n) is 6.50. The predicted octanol–water partition coefficient (Wildman–Crippen LogP) is 4.61. The average molecular weight is 374 g/mol. The van der Waals surface area contributed by atoms with Gasteiger partial charge in [0, 0.05) is 45.9 Å². The Hall–Kier alpha value is -2.46. The largest absolute Gasteiger partial charge is 0.340 e. The van der Waals surface area contributed by atoms with Crippen LogP contribution in [0.2, 0.25) is 0 Å². The lowest BCUT2D eigenvalue weighted by molar-refractivity contribution is 0.0991. The number of likely N-dealkylation sites (tertiary alicyclic amines) is 1. The minimum absolute atomic E-state index is 0.0838. The number of fused-ring (bicyclic) bond motifs is 5. The molecule has 3 aromatic rings. The molecule has 0 unspecified atom stereocenters. The molecule has 1 aliphatic heterocycles. The van der Waals surface area contributed by atoms with Gasteiger partial charge in [-0.1, -0.05) is 0 Å². The second kappa shape index (κ2) is 6.85. The quantitative estimate of drug-likeness (QED) is 0.613. The summed E-state index contributed by atoms with van der Waals surface area (Å²) in [6.07, 6.45) is 5.17. The minimum atomic E-state index is 0.0838. The van der Waals surface area contributed by atoms with E-state index in [-0.39, 0.29) is 11.6 Å². The number of ketones is 2. The van der Waals surface area contributed by atoms with E-state index in [1.807, 2.05) is 18.2 Å². The Morgan fingerprint density at radius 3 is 2.57 bits per heavy atom. The maximum absolute atomic E-state index is 12.3. The van der Waals surface area contributed by atoms with E-state index in [0.29, 0.717) is 6.42 Å². The molecule has 2 aromatic carbocycles. The molecule has 144 valence electrons. The van der Waals surface area contributed by atoms with Crippen molar-refractivity contribution in [2.24, 2.45) is 0 Å². The molecule has 4 nitrogen and oxygen atoms in total. The number of hydrogen-bond donors (Lipinski definition) is 0. The first kappa shape index (κ1) is 17.6. The van der Waals surface area contributed by atoms with E-state index in [2.05, 4.69) is 21.6 Å². The van der Waals surface area contributed by atoms with Crippen molar-refractivity contribution in [3.63, 3.8) is 0 Å². The molecule has 0 spiro atoms. The summed E-state index contributed by atoms with van der Waals surface area (Å²) in [5.41, 5.74) is 5.16. The number of rotatable bonds is 5. The summed E-state index contributed by atoms with van der Waals surface area (Å²) in [6.45, 7) is 6.17. The smallest absolute Gasteiger partial charge is 0.163 e.